The second kappa shape index (κ2) is 5.81. The number of aromatic amines is 1. The van der Waals surface area contributed by atoms with Crippen LogP contribution >= 0.6 is 0 Å². The largest absolute Gasteiger partial charge is 0.326 e. The molecule has 24 heavy (non-hydrogen) atoms. The molecule has 1 aromatic heterocycles. The van der Waals surface area contributed by atoms with Gasteiger partial charge >= 0.3 is 0 Å². The van der Waals surface area contributed by atoms with E-state index >= 15 is 0 Å². The molecule has 2 aromatic carbocycles. The number of benzene rings is 2. The maximum absolute atomic E-state index is 12.4. The summed E-state index contributed by atoms with van der Waals surface area (Å²) < 4.78 is 0. The number of H-pyrrole nitrogens is 1. The molecule has 0 radical (unpaired) electrons. The number of nitrogens with one attached hydrogen (secondary N) is 3. The van der Waals surface area contributed by atoms with Crippen LogP contribution in [-0.4, -0.2) is 22.0 Å². The van der Waals surface area contributed by atoms with Gasteiger partial charge in [0.05, 0.1) is 5.52 Å². The number of anilines is 2. The van der Waals surface area contributed by atoms with Crippen LogP contribution in [0.25, 0.3) is 10.9 Å². The number of nitrogens with zero attached hydrogens (tertiary/aromatic N) is 1. The van der Waals surface area contributed by atoms with E-state index in [-0.39, 0.29) is 17.7 Å². The highest BCUT2D eigenvalue weighted by atomic mass is 16.2. The quantitative estimate of drug-likeness (QED) is 0.690. The van der Waals surface area contributed by atoms with Crippen LogP contribution in [0, 0.1) is 5.92 Å². The molecule has 1 heterocycles. The number of carbonyl (C=O) groups is 2. The third-order valence-corrected chi connectivity index (χ3v) is 4.04. The minimum Gasteiger partial charge on any atom is -0.326 e. The van der Waals surface area contributed by atoms with Crippen molar-refractivity contribution in [2.45, 2.75) is 12.8 Å². The molecule has 2 amide bonds. The fourth-order valence-electron chi connectivity index (χ4n) is 2.55. The molecule has 0 saturated heterocycles. The molecular formula is C18H16N4O2. The fourth-order valence-corrected chi connectivity index (χ4v) is 2.55. The van der Waals surface area contributed by atoms with E-state index in [0.29, 0.717) is 11.4 Å². The minimum atomic E-state index is -0.276. The molecule has 3 N–H and O–H groups in total. The summed E-state index contributed by atoms with van der Waals surface area (Å²) in [5.41, 5.74) is 2.56. The van der Waals surface area contributed by atoms with E-state index in [4.69, 9.17) is 0 Å². The Balaban J connectivity index is 1.46. The Morgan fingerprint density at radius 1 is 0.958 bits per heavy atom. The van der Waals surface area contributed by atoms with Crippen LogP contribution in [0.5, 0.6) is 0 Å². The van der Waals surface area contributed by atoms with Gasteiger partial charge in [-0.25, -0.2) is 0 Å². The summed E-state index contributed by atoms with van der Waals surface area (Å²) in [4.78, 5) is 24.1. The van der Waals surface area contributed by atoms with E-state index < -0.39 is 0 Å². The molecule has 1 aliphatic carbocycles. The van der Waals surface area contributed by atoms with Crippen LogP contribution in [0.2, 0.25) is 0 Å². The van der Waals surface area contributed by atoms with Gasteiger partial charge < -0.3 is 10.6 Å². The second-order valence-corrected chi connectivity index (χ2v) is 5.91. The lowest BCUT2D eigenvalue weighted by Gasteiger charge is -2.07. The SMILES string of the molecule is O=C(Nc1ccc(NC(=O)C2CC2)cc1)c1n[nH]c2ccccc12. The van der Waals surface area contributed by atoms with Crippen LogP contribution < -0.4 is 10.6 Å². The van der Waals surface area contributed by atoms with Crippen LogP contribution in [0.3, 0.4) is 0 Å². The average molecular weight is 320 g/mol. The van der Waals surface area contributed by atoms with Crippen molar-refractivity contribution in [3.05, 3.63) is 54.2 Å². The van der Waals surface area contributed by atoms with Gasteiger partial charge in [0.2, 0.25) is 5.91 Å². The van der Waals surface area contributed by atoms with Crippen LogP contribution in [0.1, 0.15) is 23.3 Å². The van der Waals surface area contributed by atoms with Gasteiger partial charge in [0.1, 0.15) is 0 Å². The Hall–Kier alpha value is -3.15. The number of hydrogen-bond acceptors (Lipinski definition) is 3. The van der Waals surface area contributed by atoms with Gasteiger partial charge in [0, 0.05) is 22.7 Å². The molecule has 6 heteroatoms. The molecule has 0 bridgehead atoms. The summed E-state index contributed by atoms with van der Waals surface area (Å²) in [6, 6.07) is 14.5. The molecule has 3 aromatic rings. The van der Waals surface area contributed by atoms with Crippen molar-refractivity contribution in [2.75, 3.05) is 10.6 Å². The molecule has 1 saturated carbocycles. The zero-order chi connectivity index (χ0) is 16.5. The molecule has 0 aliphatic heterocycles. The zero-order valence-corrected chi connectivity index (χ0v) is 12.9. The van der Waals surface area contributed by atoms with Crippen molar-refractivity contribution in [3.8, 4) is 0 Å². The summed E-state index contributed by atoms with van der Waals surface area (Å²) in [7, 11) is 0. The predicted octanol–water partition coefficient (Wildman–Crippen LogP) is 3.16. The van der Waals surface area contributed by atoms with Gasteiger partial charge in [-0.05, 0) is 43.2 Å². The first-order valence-electron chi connectivity index (χ1n) is 7.86. The van der Waals surface area contributed by atoms with Crippen molar-refractivity contribution >= 4 is 34.1 Å². The Kier molecular flexibility index (Phi) is 3.49. The predicted molar refractivity (Wildman–Crippen MR) is 91.8 cm³/mol. The van der Waals surface area contributed by atoms with E-state index in [1.165, 1.54) is 0 Å². The van der Waals surface area contributed by atoms with Crippen molar-refractivity contribution in [1.82, 2.24) is 10.2 Å². The third-order valence-electron chi connectivity index (χ3n) is 4.04. The Bertz CT molecular complexity index is 910. The summed E-state index contributed by atoms with van der Waals surface area (Å²) in [5.74, 6) is -0.0469. The van der Waals surface area contributed by atoms with Gasteiger partial charge in [0.15, 0.2) is 5.69 Å². The molecule has 0 atom stereocenters. The van der Waals surface area contributed by atoms with Crippen LogP contribution in [0.4, 0.5) is 11.4 Å². The summed E-state index contributed by atoms with van der Waals surface area (Å²) in [5, 5.41) is 13.4. The zero-order valence-electron chi connectivity index (χ0n) is 12.9. The highest BCUT2D eigenvalue weighted by Crippen LogP contribution is 2.30. The maximum Gasteiger partial charge on any atom is 0.276 e. The highest BCUT2D eigenvalue weighted by molar-refractivity contribution is 6.11. The van der Waals surface area contributed by atoms with E-state index in [1.54, 1.807) is 24.3 Å². The smallest absolute Gasteiger partial charge is 0.276 e. The number of aromatic nitrogens is 2. The third kappa shape index (κ3) is 2.86. The first-order chi connectivity index (χ1) is 11.7. The molecule has 0 spiro atoms. The number of para-hydroxylation sites is 1. The van der Waals surface area contributed by atoms with Gasteiger partial charge in [-0.1, -0.05) is 18.2 Å². The first kappa shape index (κ1) is 14.4. The molecule has 4 rings (SSSR count). The normalized spacial score (nSPS) is 13.7. The van der Waals surface area contributed by atoms with Gasteiger partial charge in [-0.3, -0.25) is 14.7 Å². The lowest BCUT2D eigenvalue weighted by Crippen LogP contribution is -2.14. The monoisotopic (exact) mass is 320 g/mol. The Morgan fingerprint density at radius 2 is 1.62 bits per heavy atom. The second-order valence-electron chi connectivity index (χ2n) is 5.91. The fraction of sp³-hybridized carbons (Fsp3) is 0.167. The molecule has 6 nitrogen and oxygen atoms in total. The standard InChI is InChI=1S/C18H16N4O2/c23-17(11-5-6-11)19-12-7-9-13(10-8-12)20-18(24)16-14-3-1-2-4-15(14)21-22-16/h1-4,7-11H,5-6H2,(H,19,23)(H,20,24)(H,21,22). The van der Waals surface area contributed by atoms with Gasteiger partial charge in [-0.15, -0.1) is 0 Å². The molecule has 120 valence electrons. The molecule has 0 unspecified atom stereocenters. The van der Waals surface area contributed by atoms with Crippen LogP contribution in [-0.2, 0) is 4.79 Å². The average Bonchev–Trinajstić information content (AvgIpc) is 3.36. The van der Waals surface area contributed by atoms with Crippen molar-refractivity contribution in [1.29, 1.82) is 0 Å². The van der Waals surface area contributed by atoms with E-state index in [0.717, 1.165) is 29.4 Å². The molecule has 1 fully saturated rings. The first-order valence-corrected chi connectivity index (χ1v) is 7.86. The number of fused-ring (bicyclic) bond motifs is 1. The van der Waals surface area contributed by atoms with E-state index in [1.807, 2.05) is 24.3 Å². The van der Waals surface area contributed by atoms with Crippen molar-refractivity contribution in [3.63, 3.8) is 0 Å². The van der Waals surface area contributed by atoms with Crippen molar-refractivity contribution < 1.29 is 9.59 Å². The molecule has 1 aliphatic rings. The van der Waals surface area contributed by atoms with Crippen molar-refractivity contribution in [2.24, 2.45) is 5.92 Å². The number of rotatable bonds is 4. The van der Waals surface area contributed by atoms with E-state index in [2.05, 4.69) is 20.8 Å². The number of amides is 2. The Morgan fingerprint density at radius 3 is 2.33 bits per heavy atom. The van der Waals surface area contributed by atoms with E-state index in [9.17, 15) is 9.59 Å². The topological polar surface area (TPSA) is 86.9 Å². The molecular weight excluding hydrogens is 304 g/mol. The lowest BCUT2D eigenvalue weighted by atomic mass is 10.2. The lowest BCUT2D eigenvalue weighted by molar-refractivity contribution is -0.117. The summed E-state index contributed by atoms with van der Waals surface area (Å²) in [6.45, 7) is 0. The highest BCUT2D eigenvalue weighted by Gasteiger charge is 2.29. The maximum atomic E-state index is 12.4. The Labute approximate surface area is 138 Å². The van der Waals surface area contributed by atoms with Crippen LogP contribution in [0.15, 0.2) is 48.5 Å². The number of carbonyl (C=O) groups excluding carboxylic acids is 2. The summed E-state index contributed by atoms with van der Waals surface area (Å²) >= 11 is 0. The van der Waals surface area contributed by atoms with Gasteiger partial charge in [0.25, 0.3) is 5.91 Å². The number of hydrogen-bond donors (Lipinski definition) is 3. The van der Waals surface area contributed by atoms with Gasteiger partial charge in [-0.2, -0.15) is 5.10 Å². The summed E-state index contributed by atoms with van der Waals surface area (Å²) in [6.07, 6.45) is 1.94. The minimum absolute atomic E-state index is 0.0646.